The van der Waals surface area contributed by atoms with Crippen molar-refractivity contribution in [1.82, 2.24) is 4.98 Å². The Bertz CT molecular complexity index is 342. The summed E-state index contributed by atoms with van der Waals surface area (Å²) in [6.45, 7) is 6.63. The highest BCUT2D eigenvalue weighted by molar-refractivity contribution is 6.21. The van der Waals surface area contributed by atoms with E-state index in [9.17, 15) is 0 Å². The van der Waals surface area contributed by atoms with E-state index in [1.54, 1.807) is 0 Å². The van der Waals surface area contributed by atoms with Gasteiger partial charge in [-0.3, -0.25) is 4.98 Å². The highest BCUT2D eigenvalue weighted by atomic mass is 35.5. The van der Waals surface area contributed by atoms with Crippen LogP contribution in [0.3, 0.4) is 0 Å². The Morgan fingerprint density at radius 3 is 2.67 bits per heavy atom. The molecule has 0 aliphatic heterocycles. The highest BCUT2D eigenvalue weighted by Gasteiger charge is 2.49. The maximum absolute atomic E-state index is 6.40. The molecule has 2 rings (SSSR count). The average molecular weight is 224 g/mol. The number of aromatic nitrogens is 1. The summed E-state index contributed by atoms with van der Waals surface area (Å²) >= 11 is 6.40. The first-order valence-corrected chi connectivity index (χ1v) is 5.98. The highest BCUT2D eigenvalue weighted by Crippen LogP contribution is 2.55. The molecule has 15 heavy (non-hydrogen) atoms. The molecule has 2 atom stereocenters. The minimum Gasteiger partial charge on any atom is -0.261 e. The van der Waals surface area contributed by atoms with E-state index in [2.05, 4.69) is 37.9 Å². The molecule has 1 nitrogen and oxygen atoms in total. The number of nitrogens with zero attached hydrogens (tertiary/aromatic N) is 1. The molecule has 1 aromatic heterocycles. The van der Waals surface area contributed by atoms with E-state index in [0.717, 1.165) is 12.1 Å². The third-order valence-corrected chi connectivity index (χ3v) is 3.86. The quantitative estimate of drug-likeness (QED) is 0.714. The number of hydrogen-bond acceptors (Lipinski definition) is 1. The molecule has 0 aromatic carbocycles. The summed E-state index contributed by atoms with van der Waals surface area (Å²) in [6.07, 6.45) is 4.07. The van der Waals surface area contributed by atoms with Gasteiger partial charge in [0.05, 0.1) is 0 Å². The van der Waals surface area contributed by atoms with E-state index in [4.69, 9.17) is 11.6 Å². The Kier molecular flexibility index (Phi) is 2.76. The summed E-state index contributed by atoms with van der Waals surface area (Å²) in [6, 6.07) is 4.18. The van der Waals surface area contributed by atoms with Crippen molar-refractivity contribution in [1.29, 1.82) is 0 Å². The minimum absolute atomic E-state index is 0.246. The lowest BCUT2D eigenvalue weighted by Gasteiger charge is -2.10. The minimum atomic E-state index is 0.246. The lowest BCUT2D eigenvalue weighted by molar-refractivity contribution is 0.536. The zero-order chi connectivity index (χ0) is 11.1. The smallest absolute Gasteiger partial charge is 0.0424 e. The standard InChI is InChI=1S/C13H18ClN/c1-9-4-5-10(15-8-9)6-12(14)11-7-13(11,2)3/h4-5,8,11-12H,6-7H2,1-3H3. The zero-order valence-electron chi connectivity index (χ0n) is 9.63. The summed E-state index contributed by atoms with van der Waals surface area (Å²) in [7, 11) is 0. The molecule has 1 saturated carbocycles. The van der Waals surface area contributed by atoms with Gasteiger partial charge in [0.2, 0.25) is 0 Å². The molecule has 2 heteroatoms. The van der Waals surface area contributed by atoms with Crippen LogP contribution in [-0.4, -0.2) is 10.4 Å². The number of aryl methyl sites for hydroxylation is 1. The summed E-state index contributed by atoms with van der Waals surface area (Å²) in [4.78, 5) is 4.39. The van der Waals surface area contributed by atoms with E-state index in [1.165, 1.54) is 12.0 Å². The van der Waals surface area contributed by atoms with Crippen LogP contribution in [0.4, 0.5) is 0 Å². The van der Waals surface area contributed by atoms with Crippen molar-refractivity contribution >= 4 is 11.6 Å². The van der Waals surface area contributed by atoms with Crippen LogP contribution in [0.2, 0.25) is 0 Å². The molecule has 0 radical (unpaired) electrons. The predicted molar refractivity (Wildman–Crippen MR) is 64.2 cm³/mol. The molecule has 1 fully saturated rings. The molecule has 0 bridgehead atoms. The molecule has 1 aromatic rings. The SMILES string of the molecule is Cc1ccc(CC(Cl)C2CC2(C)C)nc1. The molecule has 1 heterocycles. The van der Waals surface area contributed by atoms with Gasteiger partial charge < -0.3 is 0 Å². The second-order valence-electron chi connectivity index (χ2n) is 5.35. The summed E-state index contributed by atoms with van der Waals surface area (Å²) in [5.41, 5.74) is 2.77. The Morgan fingerprint density at radius 1 is 1.53 bits per heavy atom. The van der Waals surface area contributed by atoms with E-state index in [0.29, 0.717) is 11.3 Å². The van der Waals surface area contributed by atoms with E-state index in [1.807, 2.05) is 6.20 Å². The molecule has 1 aliphatic carbocycles. The maximum atomic E-state index is 6.40. The first-order valence-electron chi connectivity index (χ1n) is 5.54. The number of pyridine rings is 1. The predicted octanol–water partition coefficient (Wildman–Crippen LogP) is 3.59. The molecule has 2 unspecified atom stereocenters. The Hall–Kier alpha value is -0.560. The van der Waals surface area contributed by atoms with Gasteiger partial charge in [-0.15, -0.1) is 11.6 Å². The molecule has 1 aliphatic rings. The van der Waals surface area contributed by atoms with Gasteiger partial charge in [0.15, 0.2) is 0 Å². The average Bonchev–Trinajstić information content (AvgIpc) is 2.79. The number of hydrogen-bond donors (Lipinski definition) is 0. The van der Waals surface area contributed by atoms with E-state index in [-0.39, 0.29) is 5.38 Å². The van der Waals surface area contributed by atoms with Gasteiger partial charge in [0.1, 0.15) is 0 Å². The second-order valence-corrected chi connectivity index (χ2v) is 5.91. The van der Waals surface area contributed by atoms with Crippen LogP contribution in [-0.2, 0) is 6.42 Å². The maximum Gasteiger partial charge on any atom is 0.0424 e. The van der Waals surface area contributed by atoms with Gasteiger partial charge in [-0.2, -0.15) is 0 Å². The van der Waals surface area contributed by atoms with Gasteiger partial charge in [0.25, 0.3) is 0 Å². The normalized spacial score (nSPS) is 24.9. The van der Waals surface area contributed by atoms with Crippen LogP contribution < -0.4 is 0 Å². The van der Waals surface area contributed by atoms with E-state index >= 15 is 0 Å². The molecular weight excluding hydrogens is 206 g/mol. The van der Waals surface area contributed by atoms with Gasteiger partial charge in [-0.05, 0) is 36.3 Å². The van der Waals surface area contributed by atoms with Crippen molar-refractivity contribution in [3.63, 3.8) is 0 Å². The molecule has 0 saturated heterocycles. The van der Waals surface area contributed by atoms with Crippen LogP contribution in [0.25, 0.3) is 0 Å². The van der Waals surface area contributed by atoms with Gasteiger partial charge in [-0.25, -0.2) is 0 Å². The topological polar surface area (TPSA) is 12.9 Å². The Labute approximate surface area is 96.9 Å². The molecular formula is C13H18ClN. The summed E-state index contributed by atoms with van der Waals surface area (Å²) in [5.74, 6) is 0.669. The zero-order valence-corrected chi connectivity index (χ0v) is 10.4. The van der Waals surface area contributed by atoms with Crippen LogP contribution in [0.1, 0.15) is 31.5 Å². The monoisotopic (exact) mass is 223 g/mol. The largest absolute Gasteiger partial charge is 0.261 e. The van der Waals surface area contributed by atoms with Crippen LogP contribution in [0, 0.1) is 18.3 Å². The fourth-order valence-corrected chi connectivity index (χ4v) is 2.67. The molecule has 82 valence electrons. The van der Waals surface area contributed by atoms with Gasteiger partial charge >= 0.3 is 0 Å². The van der Waals surface area contributed by atoms with Crippen molar-refractivity contribution < 1.29 is 0 Å². The van der Waals surface area contributed by atoms with E-state index < -0.39 is 0 Å². The summed E-state index contributed by atoms with van der Waals surface area (Å²) in [5, 5.41) is 0.246. The van der Waals surface area contributed by atoms with Crippen molar-refractivity contribution in [3.05, 3.63) is 29.6 Å². The molecule has 0 spiro atoms. The lowest BCUT2D eigenvalue weighted by atomic mass is 10.0. The third-order valence-electron chi connectivity index (χ3n) is 3.40. The fraction of sp³-hybridized carbons (Fsp3) is 0.615. The van der Waals surface area contributed by atoms with Crippen molar-refractivity contribution in [2.24, 2.45) is 11.3 Å². The number of alkyl halides is 1. The molecule has 0 amide bonds. The second kappa shape index (κ2) is 3.79. The van der Waals surface area contributed by atoms with Crippen molar-refractivity contribution in [2.45, 2.75) is 39.0 Å². The van der Waals surface area contributed by atoms with Crippen LogP contribution in [0.5, 0.6) is 0 Å². The Balaban J connectivity index is 1.95. The van der Waals surface area contributed by atoms with Gasteiger partial charge in [0, 0.05) is 23.7 Å². The van der Waals surface area contributed by atoms with Gasteiger partial charge in [-0.1, -0.05) is 19.9 Å². The number of rotatable bonds is 3. The van der Waals surface area contributed by atoms with Crippen molar-refractivity contribution in [2.75, 3.05) is 0 Å². The Morgan fingerprint density at radius 2 is 2.20 bits per heavy atom. The van der Waals surface area contributed by atoms with Crippen LogP contribution in [0.15, 0.2) is 18.3 Å². The first-order chi connectivity index (χ1) is 6.99. The lowest BCUT2D eigenvalue weighted by Crippen LogP contribution is -2.10. The summed E-state index contributed by atoms with van der Waals surface area (Å²) < 4.78 is 0. The molecule has 0 N–H and O–H groups in total. The van der Waals surface area contributed by atoms with Crippen molar-refractivity contribution in [3.8, 4) is 0 Å². The third kappa shape index (κ3) is 2.52. The number of halogens is 1. The first kappa shape index (κ1) is 10.9. The van der Waals surface area contributed by atoms with Crippen LogP contribution >= 0.6 is 11.6 Å². The fourth-order valence-electron chi connectivity index (χ4n) is 2.09.